The normalized spacial score (nSPS) is 14.6. The molecule has 0 spiro atoms. The van der Waals surface area contributed by atoms with Gasteiger partial charge < -0.3 is 4.52 Å². The van der Waals surface area contributed by atoms with Crippen LogP contribution in [-0.2, 0) is 0 Å². The summed E-state index contributed by atoms with van der Waals surface area (Å²) >= 11 is 1.33. The molecule has 0 saturated heterocycles. The molecule has 2 aromatic heterocycles. The molecule has 21 heavy (non-hydrogen) atoms. The summed E-state index contributed by atoms with van der Waals surface area (Å²) in [6, 6.07) is 6.15. The van der Waals surface area contributed by atoms with Crippen LogP contribution in [0.2, 0.25) is 0 Å². The molecular weight excluding hydrogens is 284 g/mol. The Morgan fingerprint density at radius 1 is 1.19 bits per heavy atom. The van der Waals surface area contributed by atoms with Gasteiger partial charge in [0.2, 0.25) is 5.82 Å². The first-order chi connectivity index (χ1) is 10.2. The standard InChI is InChI=1S/C15H14N4OS/c1-8-4-3-5-9(2)11(8)14-16-15(20-18-14)13-12(10-6-7-10)17-19-21-13/h3-5,10H,6-7H2,1-2H3. The fraction of sp³-hybridized carbons (Fsp3) is 0.333. The smallest absolute Gasteiger partial charge is 0.271 e. The van der Waals surface area contributed by atoms with Crippen LogP contribution >= 0.6 is 11.5 Å². The molecule has 0 radical (unpaired) electrons. The molecule has 1 saturated carbocycles. The maximum Gasteiger partial charge on any atom is 0.271 e. The minimum atomic E-state index is 0.522. The van der Waals surface area contributed by atoms with Crippen molar-refractivity contribution in [3.8, 4) is 22.2 Å². The quantitative estimate of drug-likeness (QED) is 0.736. The molecule has 0 atom stereocenters. The van der Waals surface area contributed by atoms with Gasteiger partial charge in [0.15, 0.2) is 0 Å². The highest BCUT2D eigenvalue weighted by atomic mass is 32.1. The average molecular weight is 298 g/mol. The van der Waals surface area contributed by atoms with Gasteiger partial charge >= 0.3 is 0 Å². The van der Waals surface area contributed by atoms with Gasteiger partial charge in [-0.05, 0) is 49.3 Å². The first kappa shape index (κ1) is 12.6. The monoisotopic (exact) mass is 298 g/mol. The van der Waals surface area contributed by atoms with Crippen LogP contribution < -0.4 is 0 Å². The third kappa shape index (κ3) is 2.15. The van der Waals surface area contributed by atoms with Gasteiger partial charge in [0.1, 0.15) is 4.88 Å². The second-order valence-electron chi connectivity index (χ2n) is 5.45. The Labute approximate surface area is 126 Å². The highest BCUT2D eigenvalue weighted by Crippen LogP contribution is 2.44. The van der Waals surface area contributed by atoms with Gasteiger partial charge in [-0.3, -0.25) is 0 Å². The summed E-state index contributed by atoms with van der Waals surface area (Å²) in [4.78, 5) is 5.49. The van der Waals surface area contributed by atoms with E-state index >= 15 is 0 Å². The van der Waals surface area contributed by atoms with E-state index in [-0.39, 0.29) is 0 Å². The number of nitrogens with zero attached hydrogens (tertiary/aromatic N) is 4. The molecule has 5 nitrogen and oxygen atoms in total. The lowest BCUT2D eigenvalue weighted by Crippen LogP contribution is -1.90. The Kier molecular flexibility index (Phi) is 2.85. The van der Waals surface area contributed by atoms with Gasteiger partial charge in [0.25, 0.3) is 5.89 Å². The molecule has 1 aliphatic rings. The average Bonchev–Trinajstić information content (AvgIpc) is 3.00. The number of hydrogen-bond acceptors (Lipinski definition) is 6. The summed E-state index contributed by atoms with van der Waals surface area (Å²) in [5, 5.41) is 8.36. The maximum atomic E-state index is 5.46. The van der Waals surface area contributed by atoms with E-state index in [0.717, 1.165) is 27.3 Å². The van der Waals surface area contributed by atoms with Gasteiger partial charge in [-0.15, -0.1) is 5.10 Å². The number of rotatable bonds is 3. The molecule has 0 unspecified atom stereocenters. The number of aromatic nitrogens is 4. The van der Waals surface area contributed by atoms with E-state index in [2.05, 4.69) is 45.7 Å². The van der Waals surface area contributed by atoms with E-state index in [4.69, 9.17) is 4.52 Å². The zero-order chi connectivity index (χ0) is 14.4. The Hall–Kier alpha value is -2.08. The molecule has 0 bridgehead atoms. The van der Waals surface area contributed by atoms with Crippen LogP contribution in [0.4, 0.5) is 0 Å². The summed E-state index contributed by atoms with van der Waals surface area (Å²) in [7, 11) is 0. The van der Waals surface area contributed by atoms with Gasteiger partial charge in [-0.2, -0.15) is 4.98 Å². The van der Waals surface area contributed by atoms with E-state index in [1.165, 1.54) is 24.4 Å². The van der Waals surface area contributed by atoms with Crippen LogP contribution in [0.25, 0.3) is 22.2 Å². The summed E-state index contributed by atoms with van der Waals surface area (Å²) in [6.45, 7) is 4.12. The number of aryl methyl sites for hydroxylation is 2. The summed E-state index contributed by atoms with van der Waals surface area (Å²) in [5.41, 5.74) is 4.34. The zero-order valence-corrected chi connectivity index (χ0v) is 12.6. The lowest BCUT2D eigenvalue weighted by atomic mass is 10.0. The summed E-state index contributed by atoms with van der Waals surface area (Å²) < 4.78 is 9.50. The Morgan fingerprint density at radius 2 is 1.95 bits per heavy atom. The first-order valence-electron chi connectivity index (χ1n) is 6.97. The molecule has 1 aromatic carbocycles. The molecule has 2 heterocycles. The largest absolute Gasteiger partial charge is 0.333 e. The summed E-state index contributed by atoms with van der Waals surface area (Å²) in [5.74, 6) is 1.69. The molecule has 4 rings (SSSR count). The van der Waals surface area contributed by atoms with Crippen molar-refractivity contribution in [3.63, 3.8) is 0 Å². The van der Waals surface area contributed by atoms with E-state index in [9.17, 15) is 0 Å². The van der Waals surface area contributed by atoms with E-state index in [1.54, 1.807) is 0 Å². The Balaban J connectivity index is 1.78. The van der Waals surface area contributed by atoms with Crippen LogP contribution in [0.1, 0.15) is 35.6 Å². The van der Waals surface area contributed by atoms with Crippen molar-refractivity contribution in [1.29, 1.82) is 0 Å². The van der Waals surface area contributed by atoms with E-state index < -0.39 is 0 Å². The molecule has 0 aliphatic heterocycles. The lowest BCUT2D eigenvalue weighted by Gasteiger charge is -2.03. The predicted octanol–water partition coefficient (Wildman–Crippen LogP) is 3.75. The predicted molar refractivity (Wildman–Crippen MR) is 80.1 cm³/mol. The molecule has 106 valence electrons. The van der Waals surface area contributed by atoms with Crippen molar-refractivity contribution < 1.29 is 4.52 Å². The Bertz CT molecular complexity index is 783. The fourth-order valence-corrected chi connectivity index (χ4v) is 3.23. The first-order valence-corrected chi connectivity index (χ1v) is 7.74. The second-order valence-corrected chi connectivity index (χ2v) is 6.21. The summed E-state index contributed by atoms with van der Waals surface area (Å²) in [6.07, 6.45) is 2.35. The van der Waals surface area contributed by atoms with Crippen molar-refractivity contribution in [2.45, 2.75) is 32.6 Å². The van der Waals surface area contributed by atoms with Crippen LogP contribution in [0.15, 0.2) is 22.7 Å². The number of hydrogen-bond donors (Lipinski definition) is 0. The molecule has 3 aromatic rings. The van der Waals surface area contributed by atoms with Gasteiger partial charge in [-0.1, -0.05) is 27.8 Å². The van der Waals surface area contributed by atoms with E-state index in [0.29, 0.717) is 17.6 Å². The minimum Gasteiger partial charge on any atom is -0.333 e. The van der Waals surface area contributed by atoms with Gasteiger partial charge in [0.05, 0.1) is 5.69 Å². The molecule has 1 fully saturated rings. The topological polar surface area (TPSA) is 64.7 Å². The SMILES string of the molecule is Cc1cccc(C)c1-c1noc(-c2snnc2C2CC2)n1. The number of benzene rings is 1. The molecule has 6 heteroatoms. The van der Waals surface area contributed by atoms with Crippen LogP contribution in [0, 0.1) is 13.8 Å². The van der Waals surface area contributed by atoms with Gasteiger partial charge in [0, 0.05) is 11.5 Å². The fourth-order valence-electron chi connectivity index (χ4n) is 2.55. The van der Waals surface area contributed by atoms with Crippen molar-refractivity contribution in [1.82, 2.24) is 19.7 Å². The van der Waals surface area contributed by atoms with Crippen molar-refractivity contribution in [2.75, 3.05) is 0 Å². The third-order valence-electron chi connectivity index (χ3n) is 3.80. The minimum absolute atomic E-state index is 0.522. The van der Waals surface area contributed by atoms with Gasteiger partial charge in [-0.25, -0.2) is 0 Å². The van der Waals surface area contributed by atoms with Crippen molar-refractivity contribution in [2.24, 2.45) is 0 Å². The molecular formula is C15H14N4OS. The highest BCUT2D eigenvalue weighted by molar-refractivity contribution is 7.09. The van der Waals surface area contributed by atoms with Crippen LogP contribution in [0.5, 0.6) is 0 Å². The van der Waals surface area contributed by atoms with Crippen LogP contribution in [0.3, 0.4) is 0 Å². The van der Waals surface area contributed by atoms with Crippen LogP contribution in [-0.4, -0.2) is 19.7 Å². The highest BCUT2D eigenvalue weighted by Gasteiger charge is 2.31. The third-order valence-corrected chi connectivity index (χ3v) is 4.53. The zero-order valence-electron chi connectivity index (χ0n) is 11.8. The molecule has 0 amide bonds. The second kappa shape index (κ2) is 4.73. The molecule has 1 aliphatic carbocycles. The van der Waals surface area contributed by atoms with Crippen molar-refractivity contribution >= 4 is 11.5 Å². The molecule has 0 N–H and O–H groups in total. The Morgan fingerprint density at radius 3 is 2.67 bits per heavy atom. The lowest BCUT2D eigenvalue weighted by molar-refractivity contribution is 0.432. The van der Waals surface area contributed by atoms with E-state index in [1.807, 2.05) is 6.07 Å². The van der Waals surface area contributed by atoms with Crippen molar-refractivity contribution in [3.05, 3.63) is 35.0 Å². The maximum absolute atomic E-state index is 5.46.